The van der Waals surface area contributed by atoms with Crippen molar-refractivity contribution in [3.8, 4) is 0 Å². The quantitative estimate of drug-likeness (QED) is 0.257. The lowest BCUT2D eigenvalue weighted by atomic mass is 10.2. The molecule has 0 N–H and O–H groups in total. The fourth-order valence-corrected chi connectivity index (χ4v) is 4.25. The monoisotopic (exact) mass is 573 g/mol. The second-order valence-corrected chi connectivity index (χ2v) is 10.0. The molecule has 0 saturated carbocycles. The summed E-state index contributed by atoms with van der Waals surface area (Å²) in [6, 6.07) is 19.0. The Kier molecular flexibility index (Phi) is 11.0. The first kappa shape index (κ1) is 28.0. The molecule has 8 heteroatoms. The summed E-state index contributed by atoms with van der Waals surface area (Å²) in [7, 11) is 1.58. The Labute approximate surface area is 226 Å². The van der Waals surface area contributed by atoms with E-state index < -0.39 is 0 Å². The van der Waals surface area contributed by atoms with Gasteiger partial charge in [0.1, 0.15) is 6.54 Å². The number of amides is 2. The number of carbonyl (C=O) groups is 2. The Morgan fingerprint density at radius 3 is 2.39 bits per heavy atom. The van der Waals surface area contributed by atoms with E-state index in [2.05, 4.69) is 39.6 Å². The highest BCUT2D eigenvalue weighted by molar-refractivity contribution is 9.10. The molecule has 3 aromatic rings. The molecular formula is C28H33BrClN3O3. The molecule has 2 aromatic carbocycles. The van der Waals surface area contributed by atoms with Crippen molar-refractivity contribution >= 4 is 39.3 Å². The summed E-state index contributed by atoms with van der Waals surface area (Å²) in [5, 5.41) is 0.558. The first-order chi connectivity index (χ1) is 17.4. The van der Waals surface area contributed by atoms with Crippen molar-refractivity contribution in [1.29, 1.82) is 0 Å². The number of rotatable bonds is 13. The minimum absolute atomic E-state index is 0.0119. The van der Waals surface area contributed by atoms with Gasteiger partial charge in [-0.1, -0.05) is 53.0 Å². The molecule has 0 bridgehead atoms. The van der Waals surface area contributed by atoms with Gasteiger partial charge in [0, 0.05) is 53.7 Å². The number of carbonyl (C=O) groups excluding carboxylic acids is 2. The van der Waals surface area contributed by atoms with Crippen molar-refractivity contribution in [2.75, 3.05) is 33.4 Å². The van der Waals surface area contributed by atoms with E-state index in [1.54, 1.807) is 36.3 Å². The lowest BCUT2D eigenvalue weighted by Crippen LogP contribution is -2.44. The molecule has 0 radical (unpaired) electrons. The lowest BCUT2D eigenvalue weighted by molar-refractivity contribution is -0.132. The minimum atomic E-state index is -0.217. The molecule has 0 fully saturated rings. The molecule has 0 unspecified atom stereocenters. The highest BCUT2D eigenvalue weighted by Gasteiger charge is 2.23. The van der Waals surface area contributed by atoms with Crippen LogP contribution in [0.15, 0.2) is 71.3 Å². The van der Waals surface area contributed by atoms with Crippen LogP contribution >= 0.6 is 27.5 Å². The number of unbranched alkanes of at least 4 members (excludes halogenated alkanes) is 1. The summed E-state index contributed by atoms with van der Waals surface area (Å²) in [5.74, 6) is -0.301. The van der Waals surface area contributed by atoms with E-state index in [4.69, 9.17) is 16.3 Å². The van der Waals surface area contributed by atoms with Crippen molar-refractivity contribution in [1.82, 2.24) is 14.4 Å². The Balaban J connectivity index is 1.75. The first-order valence-corrected chi connectivity index (χ1v) is 13.3. The van der Waals surface area contributed by atoms with Crippen LogP contribution in [0.4, 0.5) is 0 Å². The van der Waals surface area contributed by atoms with E-state index >= 15 is 0 Å². The van der Waals surface area contributed by atoms with E-state index in [9.17, 15) is 9.59 Å². The number of hydrogen-bond acceptors (Lipinski definition) is 3. The van der Waals surface area contributed by atoms with Crippen LogP contribution in [0.3, 0.4) is 0 Å². The third-order valence-corrected chi connectivity index (χ3v) is 6.73. The third kappa shape index (κ3) is 8.22. The standard InChI is InChI=1S/C28H33BrClN3O3/c1-3-4-15-32(20-26-6-5-16-31(26)19-22-7-11-24(29)12-8-22)27(34)21-33(17-18-36-2)28(35)23-9-13-25(30)14-10-23/h5-14,16H,3-4,15,17-21H2,1-2H3. The number of ether oxygens (including phenoxy) is 1. The smallest absolute Gasteiger partial charge is 0.254 e. The number of methoxy groups -OCH3 is 1. The van der Waals surface area contributed by atoms with E-state index in [0.717, 1.165) is 29.6 Å². The predicted octanol–water partition coefficient (Wildman–Crippen LogP) is 5.87. The Bertz CT molecular complexity index is 1120. The first-order valence-electron chi connectivity index (χ1n) is 12.1. The van der Waals surface area contributed by atoms with Gasteiger partial charge in [-0.2, -0.15) is 0 Å². The third-order valence-electron chi connectivity index (χ3n) is 5.95. The Morgan fingerprint density at radius 2 is 1.72 bits per heavy atom. The van der Waals surface area contributed by atoms with E-state index in [0.29, 0.717) is 36.8 Å². The number of benzene rings is 2. The van der Waals surface area contributed by atoms with Gasteiger partial charge in [0.15, 0.2) is 0 Å². The van der Waals surface area contributed by atoms with Crippen molar-refractivity contribution in [3.63, 3.8) is 0 Å². The highest BCUT2D eigenvalue weighted by Crippen LogP contribution is 2.16. The van der Waals surface area contributed by atoms with Crippen LogP contribution in [0.1, 0.15) is 41.4 Å². The van der Waals surface area contributed by atoms with Gasteiger partial charge in [-0.05, 0) is 60.5 Å². The van der Waals surface area contributed by atoms with Crippen molar-refractivity contribution in [2.24, 2.45) is 0 Å². The molecule has 2 amide bonds. The Hall–Kier alpha value is -2.61. The van der Waals surface area contributed by atoms with Gasteiger partial charge < -0.3 is 19.1 Å². The minimum Gasteiger partial charge on any atom is -0.383 e. The summed E-state index contributed by atoms with van der Waals surface area (Å²) < 4.78 is 8.41. The fourth-order valence-electron chi connectivity index (χ4n) is 3.86. The van der Waals surface area contributed by atoms with Crippen LogP contribution in [0.2, 0.25) is 5.02 Å². The van der Waals surface area contributed by atoms with Gasteiger partial charge in [-0.15, -0.1) is 0 Å². The molecule has 0 aliphatic heterocycles. The average Bonchev–Trinajstić information content (AvgIpc) is 3.31. The average molecular weight is 575 g/mol. The van der Waals surface area contributed by atoms with Crippen molar-refractivity contribution in [2.45, 2.75) is 32.9 Å². The fraction of sp³-hybridized carbons (Fsp3) is 0.357. The van der Waals surface area contributed by atoms with Crippen LogP contribution in [-0.4, -0.2) is 59.5 Å². The molecule has 0 spiro atoms. The van der Waals surface area contributed by atoms with E-state index in [1.165, 1.54) is 5.56 Å². The molecule has 6 nitrogen and oxygen atoms in total. The van der Waals surface area contributed by atoms with Gasteiger partial charge in [0.2, 0.25) is 5.91 Å². The van der Waals surface area contributed by atoms with E-state index in [-0.39, 0.29) is 18.4 Å². The summed E-state index contributed by atoms with van der Waals surface area (Å²) in [4.78, 5) is 30.1. The van der Waals surface area contributed by atoms with E-state index in [1.807, 2.05) is 35.4 Å². The number of aromatic nitrogens is 1. The van der Waals surface area contributed by atoms with Gasteiger partial charge in [-0.25, -0.2) is 0 Å². The number of halogens is 2. The zero-order valence-electron chi connectivity index (χ0n) is 20.8. The molecule has 0 atom stereocenters. The molecule has 0 aliphatic rings. The Morgan fingerprint density at radius 1 is 1.00 bits per heavy atom. The SMILES string of the molecule is CCCCN(Cc1cccn1Cc1ccc(Br)cc1)C(=O)CN(CCOC)C(=O)c1ccc(Cl)cc1. The van der Waals surface area contributed by atoms with Gasteiger partial charge in [0.05, 0.1) is 13.2 Å². The van der Waals surface area contributed by atoms with Crippen molar-refractivity contribution in [3.05, 3.63) is 93.2 Å². The number of hydrogen-bond donors (Lipinski definition) is 0. The molecule has 3 rings (SSSR count). The molecule has 0 saturated heterocycles. The molecule has 1 aromatic heterocycles. The summed E-state index contributed by atoms with van der Waals surface area (Å²) in [5.41, 5.74) is 2.73. The zero-order chi connectivity index (χ0) is 25.9. The van der Waals surface area contributed by atoms with Gasteiger partial charge >= 0.3 is 0 Å². The topological polar surface area (TPSA) is 54.8 Å². The maximum absolute atomic E-state index is 13.5. The van der Waals surface area contributed by atoms with Crippen LogP contribution in [-0.2, 0) is 22.6 Å². The molecule has 0 aliphatic carbocycles. The largest absolute Gasteiger partial charge is 0.383 e. The van der Waals surface area contributed by atoms with Crippen LogP contribution in [0.25, 0.3) is 0 Å². The van der Waals surface area contributed by atoms with Crippen molar-refractivity contribution < 1.29 is 14.3 Å². The number of nitrogens with zero attached hydrogens (tertiary/aromatic N) is 3. The second-order valence-electron chi connectivity index (χ2n) is 8.65. The molecule has 1 heterocycles. The van der Waals surface area contributed by atoms with Crippen LogP contribution < -0.4 is 0 Å². The summed E-state index contributed by atoms with van der Waals surface area (Å²) in [6.07, 6.45) is 3.90. The molecular weight excluding hydrogens is 542 g/mol. The zero-order valence-corrected chi connectivity index (χ0v) is 23.2. The van der Waals surface area contributed by atoms with Gasteiger partial charge in [-0.3, -0.25) is 9.59 Å². The molecule has 192 valence electrons. The van der Waals surface area contributed by atoms with Crippen LogP contribution in [0.5, 0.6) is 0 Å². The normalized spacial score (nSPS) is 10.9. The highest BCUT2D eigenvalue weighted by atomic mass is 79.9. The van der Waals surface area contributed by atoms with Crippen LogP contribution in [0, 0.1) is 0 Å². The maximum Gasteiger partial charge on any atom is 0.254 e. The second kappa shape index (κ2) is 14.2. The maximum atomic E-state index is 13.5. The predicted molar refractivity (Wildman–Crippen MR) is 147 cm³/mol. The van der Waals surface area contributed by atoms with Gasteiger partial charge in [0.25, 0.3) is 5.91 Å². The lowest BCUT2D eigenvalue weighted by Gasteiger charge is -2.28. The summed E-state index contributed by atoms with van der Waals surface area (Å²) in [6.45, 7) is 4.60. The summed E-state index contributed by atoms with van der Waals surface area (Å²) >= 11 is 9.46. The molecule has 36 heavy (non-hydrogen) atoms.